The normalized spacial score (nSPS) is 12.9. The molecule has 1 amide bonds. The van der Waals surface area contributed by atoms with Gasteiger partial charge in [-0.1, -0.05) is 39.0 Å². The second-order valence-corrected chi connectivity index (χ2v) is 9.34. The van der Waals surface area contributed by atoms with Crippen LogP contribution in [-0.2, 0) is 10.2 Å². The molecular formula is C28H25N3O6. The molecule has 0 unspecified atom stereocenters. The number of hydrogen-bond acceptors (Lipinski definition) is 7. The summed E-state index contributed by atoms with van der Waals surface area (Å²) in [5.41, 5.74) is 1.27. The Morgan fingerprint density at radius 1 is 1.05 bits per heavy atom. The van der Waals surface area contributed by atoms with E-state index in [1.165, 1.54) is 18.2 Å². The van der Waals surface area contributed by atoms with Crippen molar-refractivity contribution < 1.29 is 23.9 Å². The molecule has 37 heavy (non-hydrogen) atoms. The lowest BCUT2D eigenvalue weighted by molar-refractivity contribution is -0.385. The van der Waals surface area contributed by atoms with Gasteiger partial charge in [0, 0.05) is 17.8 Å². The van der Waals surface area contributed by atoms with E-state index in [2.05, 4.69) is 26.1 Å². The third-order valence-corrected chi connectivity index (χ3v) is 5.60. The van der Waals surface area contributed by atoms with Gasteiger partial charge in [0.1, 0.15) is 30.6 Å². The lowest BCUT2D eigenvalue weighted by Gasteiger charge is -2.19. The summed E-state index contributed by atoms with van der Waals surface area (Å²) in [5, 5.41) is 23.9. The molecule has 0 bridgehead atoms. The maximum absolute atomic E-state index is 12.7. The Hall–Kier alpha value is -4.84. The van der Waals surface area contributed by atoms with Crippen LogP contribution in [0.5, 0.6) is 23.0 Å². The second-order valence-electron chi connectivity index (χ2n) is 9.34. The minimum atomic E-state index is -0.666. The smallest absolute Gasteiger partial charge is 0.312 e. The zero-order valence-electron chi connectivity index (χ0n) is 20.6. The van der Waals surface area contributed by atoms with E-state index in [1.807, 2.05) is 18.2 Å². The molecule has 0 atom stereocenters. The molecule has 1 heterocycles. The quantitative estimate of drug-likeness (QED) is 0.191. The van der Waals surface area contributed by atoms with Crippen molar-refractivity contribution in [2.75, 3.05) is 18.5 Å². The Morgan fingerprint density at radius 2 is 1.76 bits per heavy atom. The number of rotatable bonds is 6. The summed E-state index contributed by atoms with van der Waals surface area (Å²) >= 11 is 0. The monoisotopic (exact) mass is 499 g/mol. The van der Waals surface area contributed by atoms with Crippen LogP contribution in [0.2, 0.25) is 0 Å². The molecule has 1 N–H and O–H groups in total. The minimum Gasteiger partial charge on any atom is -0.486 e. The first-order chi connectivity index (χ1) is 17.6. The van der Waals surface area contributed by atoms with Crippen molar-refractivity contribution in [3.05, 3.63) is 87.5 Å². The Morgan fingerprint density at radius 3 is 2.41 bits per heavy atom. The number of nitro benzene ring substituents is 1. The van der Waals surface area contributed by atoms with E-state index in [1.54, 1.807) is 36.4 Å². The van der Waals surface area contributed by atoms with Gasteiger partial charge in [-0.05, 0) is 52.9 Å². The van der Waals surface area contributed by atoms with Crippen LogP contribution in [0.25, 0.3) is 6.08 Å². The molecule has 0 aliphatic carbocycles. The predicted octanol–water partition coefficient (Wildman–Crippen LogP) is 6.00. The Bertz CT molecular complexity index is 1420. The van der Waals surface area contributed by atoms with E-state index in [0.717, 1.165) is 5.56 Å². The molecule has 1 aliphatic heterocycles. The third-order valence-electron chi connectivity index (χ3n) is 5.60. The van der Waals surface area contributed by atoms with Crippen LogP contribution in [0.1, 0.15) is 31.9 Å². The van der Waals surface area contributed by atoms with Crippen molar-refractivity contribution in [2.45, 2.75) is 26.2 Å². The van der Waals surface area contributed by atoms with Crippen LogP contribution in [0.3, 0.4) is 0 Å². The minimum absolute atomic E-state index is 0.0364. The predicted molar refractivity (Wildman–Crippen MR) is 138 cm³/mol. The Kier molecular flexibility index (Phi) is 7.11. The van der Waals surface area contributed by atoms with Crippen molar-refractivity contribution in [3.63, 3.8) is 0 Å². The third kappa shape index (κ3) is 6.05. The number of nitrogens with one attached hydrogen (secondary N) is 1. The average molecular weight is 500 g/mol. The first-order valence-electron chi connectivity index (χ1n) is 11.5. The lowest BCUT2D eigenvalue weighted by Crippen LogP contribution is -2.17. The number of nitrogens with zero attached hydrogens (tertiary/aromatic N) is 2. The highest BCUT2D eigenvalue weighted by atomic mass is 16.6. The molecule has 0 saturated heterocycles. The summed E-state index contributed by atoms with van der Waals surface area (Å²) in [6.07, 6.45) is 1.28. The molecule has 0 saturated carbocycles. The van der Waals surface area contributed by atoms with Crippen molar-refractivity contribution in [1.29, 1.82) is 5.26 Å². The summed E-state index contributed by atoms with van der Waals surface area (Å²) in [5.74, 6) is 0.896. The van der Waals surface area contributed by atoms with Crippen LogP contribution in [-0.4, -0.2) is 24.0 Å². The summed E-state index contributed by atoms with van der Waals surface area (Å²) in [6, 6.07) is 18.3. The zero-order valence-corrected chi connectivity index (χ0v) is 20.6. The molecule has 188 valence electrons. The van der Waals surface area contributed by atoms with Gasteiger partial charge in [-0.25, -0.2) is 0 Å². The van der Waals surface area contributed by atoms with E-state index in [-0.39, 0.29) is 22.4 Å². The van der Waals surface area contributed by atoms with Gasteiger partial charge >= 0.3 is 5.69 Å². The average Bonchev–Trinajstić information content (AvgIpc) is 2.87. The standard InChI is InChI=1S/C28H25N3O6/c1-28(2,3)20-5-8-22(9-6-20)37-24-10-4-18(15-23(24)31(33)34)14-19(17-29)27(32)30-21-7-11-25-26(16-21)36-13-12-35-25/h4-11,14-16H,12-13H2,1-3H3,(H,30,32). The Labute approximate surface area is 214 Å². The van der Waals surface area contributed by atoms with E-state index < -0.39 is 10.8 Å². The van der Waals surface area contributed by atoms with Gasteiger partial charge < -0.3 is 19.5 Å². The van der Waals surface area contributed by atoms with Gasteiger partial charge in [0.25, 0.3) is 5.91 Å². The number of carbonyl (C=O) groups is 1. The van der Waals surface area contributed by atoms with Crippen molar-refractivity contribution in [3.8, 4) is 29.1 Å². The van der Waals surface area contributed by atoms with Gasteiger partial charge in [-0.3, -0.25) is 14.9 Å². The van der Waals surface area contributed by atoms with Gasteiger partial charge in [0.2, 0.25) is 5.75 Å². The first-order valence-corrected chi connectivity index (χ1v) is 11.5. The summed E-state index contributed by atoms with van der Waals surface area (Å²) in [7, 11) is 0. The molecule has 0 spiro atoms. The Balaban J connectivity index is 1.54. The highest BCUT2D eigenvalue weighted by molar-refractivity contribution is 6.09. The number of nitriles is 1. The molecule has 9 nitrogen and oxygen atoms in total. The molecule has 9 heteroatoms. The molecule has 4 rings (SSSR count). The zero-order chi connectivity index (χ0) is 26.6. The second kappa shape index (κ2) is 10.4. The first kappa shape index (κ1) is 25.3. The van der Waals surface area contributed by atoms with Crippen LogP contribution >= 0.6 is 0 Å². The largest absolute Gasteiger partial charge is 0.486 e. The highest BCUT2D eigenvalue weighted by Crippen LogP contribution is 2.35. The van der Waals surface area contributed by atoms with Gasteiger partial charge in [-0.15, -0.1) is 0 Å². The number of amides is 1. The summed E-state index contributed by atoms with van der Waals surface area (Å²) in [4.78, 5) is 23.9. The number of nitro groups is 1. The fraction of sp³-hybridized carbons (Fsp3) is 0.214. The number of anilines is 1. The van der Waals surface area contributed by atoms with E-state index in [0.29, 0.717) is 41.7 Å². The molecule has 3 aromatic carbocycles. The number of benzene rings is 3. The molecule has 3 aromatic rings. The topological polar surface area (TPSA) is 124 Å². The van der Waals surface area contributed by atoms with E-state index >= 15 is 0 Å². The maximum Gasteiger partial charge on any atom is 0.312 e. The fourth-order valence-electron chi connectivity index (χ4n) is 3.64. The van der Waals surface area contributed by atoms with Crippen LogP contribution in [0, 0.1) is 21.4 Å². The van der Waals surface area contributed by atoms with Gasteiger partial charge in [0.05, 0.1) is 4.92 Å². The molecule has 0 radical (unpaired) electrons. The number of fused-ring (bicyclic) bond motifs is 1. The SMILES string of the molecule is CC(C)(C)c1ccc(Oc2ccc(C=C(C#N)C(=O)Nc3ccc4c(c3)OCCO4)cc2[N+](=O)[O-])cc1. The molecule has 0 aromatic heterocycles. The van der Waals surface area contributed by atoms with Gasteiger partial charge in [0.15, 0.2) is 11.5 Å². The van der Waals surface area contributed by atoms with E-state index in [4.69, 9.17) is 14.2 Å². The highest BCUT2D eigenvalue weighted by Gasteiger charge is 2.19. The van der Waals surface area contributed by atoms with Crippen molar-refractivity contribution >= 4 is 23.4 Å². The molecule has 0 fully saturated rings. The lowest BCUT2D eigenvalue weighted by atomic mass is 9.87. The number of ether oxygens (including phenoxy) is 3. The van der Waals surface area contributed by atoms with Crippen LogP contribution < -0.4 is 19.5 Å². The molecular weight excluding hydrogens is 474 g/mol. The number of hydrogen-bond donors (Lipinski definition) is 1. The van der Waals surface area contributed by atoms with Crippen LogP contribution in [0.15, 0.2) is 66.2 Å². The van der Waals surface area contributed by atoms with Gasteiger partial charge in [-0.2, -0.15) is 5.26 Å². The fourth-order valence-corrected chi connectivity index (χ4v) is 3.64. The maximum atomic E-state index is 12.7. The summed E-state index contributed by atoms with van der Waals surface area (Å²) < 4.78 is 16.7. The van der Waals surface area contributed by atoms with Crippen molar-refractivity contribution in [2.24, 2.45) is 0 Å². The molecule has 1 aliphatic rings. The van der Waals surface area contributed by atoms with Crippen molar-refractivity contribution in [1.82, 2.24) is 0 Å². The van der Waals surface area contributed by atoms with E-state index in [9.17, 15) is 20.2 Å². The van der Waals surface area contributed by atoms with Crippen LogP contribution in [0.4, 0.5) is 11.4 Å². The number of carbonyl (C=O) groups excluding carboxylic acids is 1. The summed E-state index contributed by atoms with van der Waals surface area (Å²) in [6.45, 7) is 7.11.